The number of rotatable bonds is 0. The minimum absolute atomic E-state index is 0.00532. The van der Waals surface area contributed by atoms with E-state index in [4.69, 9.17) is 4.42 Å². The van der Waals surface area contributed by atoms with Crippen LogP contribution >= 0.6 is 0 Å². The molecule has 0 atom stereocenters. The summed E-state index contributed by atoms with van der Waals surface area (Å²) in [6.07, 6.45) is 3.15. The molecule has 0 amide bonds. The standard InChI is InChI=1S/C12H7NO2/c14-12-8-3-1-2-4-10(8)15-11-7-13-6-5-9(11)12/h1-7H. The van der Waals surface area contributed by atoms with E-state index in [2.05, 4.69) is 4.98 Å². The fraction of sp³-hybridized carbons (Fsp3) is 0. The highest BCUT2D eigenvalue weighted by molar-refractivity contribution is 5.88. The van der Waals surface area contributed by atoms with Crippen LogP contribution in [0.25, 0.3) is 21.9 Å². The van der Waals surface area contributed by atoms with Crippen LogP contribution in [0.2, 0.25) is 0 Å². The largest absolute Gasteiger partial charge is 0.454 e. The van der Waals surface area contributed by atoms with Crippen LogP contribution in [-0.4, -0.2) is 4.98 Å². The van der Waals surface area contributed by atoms with Crippen LogP contribution in [0.15, 0.2) is 51.9 Å². The van der Waals surface area contributed by atoms with Gasteiger partial charge in [-0.25, -0.2) is 0 Å². The van der Waals surface area contributed by atoms with E-state index in [-0.39, 0.29) is 5.43 Å². The molecule has 2 aromatic heterocycles. The molecule has 3 rings (SSSR count). The lowest BCUT2D eigenvalue weighted by Crippen LogP contribution is -2.01. The van der Waals surface area contributed by atoms with Crippen molar-refractivity contribution in [3.63, 3.8) is 0 Å². The number of para-hydroxylation sites is 1. The van der Waals surface area contributed by atoms with Crippen LogP contribution in [-0.2, 0) is 0 Å². The second kappa shape index (κ2) is 2.92. The Labute approximate surface area is 85.0 Å². The highest BCUT2D eigenvalue weighted by Gasteiger charge is 2.05. The molecule has 0 radical (unpaired) electrons. The first-order valence-electron chi connectivity index (χ1n) is 4.62. The zero-order valence-electron chi connectivity index (χ0n) is 7.81. The van der Waals surface area contributed by atoms with Gasteiger partial charge in [0.15, 0.2) is 5.58 Å². The van der Waals surface area contributed by atoms with Gasteiger partial charge in [0.05, 0.1) is 17.0 Å². The summed E-state index contributed by atoms with van der Waals surface area (Å²) < 4.78 is 5.56. The number of nitrogens with zero attached hydrogens (tertiary/aromatic N) is 1. The number of hydrogen-bond donors (Lipinski definition) is 0. The predicted molar refractivity (Wildman–Crippen MR) is 57.8 cm³/mol. The minimum Gasteiger partial charge on any atom is -0.454 e. The molecule has 0 N–H and O–H groups in total. The second-order valence-corrected chi connectivity index (χ2v) is 3.30. The van der Waals surface area contributed by atoms with Crippen molar-refractivity contribution in [1.29, 1.82) is 0 Å². The highest BCUT2D eigenvalue weighted by atomic mass is 16.3. The summed E-state index contributed by atoms with van der Waals surface area (Å²) in [5.41, 5.74) is 1.12. The maximum Gasteiger partial charge on any atom is 0.200 e. The number of aromatic nitrogens is 1. The Balaban J connectivity index is 2.66. The Bertz CT molecular complexity index is 643. The van der Waals surface area contributed by atoms with E-state index in [1.807, 2.05) is 12.1 Å². The molecule has 0 aliphatic rings. The minimum atomic E-state index is -0.00532. The maximum atomic E-state index is 12.0. The van der Waals surface area contributed by atoms with E-state index in [9.17, 15) is 4.79 Å². The lowest BCUT2D eigenvalue weighted by molar-refractivity contribution is 0.658. The van der Waals surface area contributed by atoms with Gasteiger partial charge in [-0.3, -0.25) is 9.78 Å². The maximum absolute atomic E-state index is 12.0. The first-order chi connectivity index (χ1) is 7.36. The molecule has 0 bridgehead atoms. The molecule has 3 heteroatoms. The third-order valence-electron chi connectivity index (χ3n) is 2.38. The molecule has 72 valence electrons. The van der Waals surface area contributed by atoms with Gasteiger partial charge in [-0.1, -0.05) is 12.1 Å². The number of pyridine rings is 1. The summed E-state index contributed by atoms with van der Waals surface area (Å²) in [7, 11) is 0. The van der Waals surface area contributed by atoms with Crippen LogP contribution in [0.4, 0.5) is 0 Å². The van der Waals surface area contributed by atoms with E-state index in [1.165, 1.54) is 0 Å². The Hall–Kier alpha value is -2.16. The van der Waals surface area contributed by atoms with Crippen molar-refractivity contribution in [3.8, 4) is 0 Å². The Kier molecular flexibility index (Phi) is 1.59. The summed E-state index contributed by atoms with van der Waals surface area (Å²) in [6.45, 7) is 0. The molecular weight excluding hydrogens is 190 g/mol. The average molecular weight is 197 g/mol. The quantitative estimate of drug-likeness (QED) is 0.519. The molecule has 0 spiro atoms. The van der Waals surface area contributed by atoms with Crippen LogP contribution in [0.5, 0.6) is 0 Å². The first kappa shape index (κ1) is 8.17. The van der Waals surface area contributed by atoms with Crippen molar-refractivity contribution in [3.05, 3.63) is 52.9 Å². The van der Waals surface area contributed by atoms with Gasteiger partial charge in [0.25, 0.3) is 0 Å². The molecule has 0 saturated heterocycles. The first-order valence-corrected chi connectivity index (χ1v) is 4.62. The van der Waals surface area contributed by atoms with Crippen LogP contribution < -0.4 is 5.43 Å². The SMILES string of the molecule is O=c1c2ccccc2oc2cnccc12. The molecule has 0 aliphatic carbocycles. The molecule has 3 nitrogen and oxygen atoms in total. The summed E-state index contributed by atoms with van der Waals surface area (Å²) in [6, 6.07) is 8.89. The van der Waals surface area contributed by atoms with Gasteiger partial charge < -0.3 is 4.42 Å². The Morgan fingerprint density at radius 2 is 1.80 bits per heavy atom. The second-order valence-electron chi connectivity index (χ2n) is 3.30. The van der Waals surface area contributed by atoms with Crippen LogP contribution in [0.3, 0.4) is 0 Å². The number of benzene rings is 1. The molecule has 2 heterocycles. The van der Waals surface area contributed by atoms with Gasteiger partial charge in [-0.15, -0.1) is 0 Å². The fourth-order valence-electron chi connectivity index (χ4n) is 1.66. The van der Waals surface area contributed by atoms with Crippen molar-refractivity contribution in [1.82, 2.24) is 4.98 Å². The third kappa shape index (κ3) is 1.13. The summed E-state index contributed by atoms with van der Waals surface area (Å²) in [4.78, 5) is 15.9. The zero-order chi connectivity index (χ0) is 10.3. The number of hydrogen-bond acceptors (Lipinski definition) is 3. The van der Waals surface area contributed by atoms with Gasteiger partial charge >= 0.3 is 0 Å². The van der Waals surface area contributed by atoms with Crippen molar-refractivity contribution in [2.75, 3.05) is 0 Å². The van der Waals surface area contributed by atoms with Crippen molar-refractivity contribution < 1.29 is 4.42 Å². The van der Waals surface area contributed by atoms with Crippen LogP contribution in [0.1, 0.15) is 0 Å². The van der Waals surface area contributed by atoms with E-state index >= 15 is 0 Å². The van der Waals surface area contributed by atoms with Crippen molar-refractivity contribution in [2.24, 2.45) is 0 Å². The molecule has 0 aliphatic heterocycles. The van der Waals surface area contributed by atoms with E-state index in [0.29, 0.717) is 21.9 Å². The predicted octanol–water partition coefficient (Wildman–Crippen LogP) is 2.34. The molecule has 0 unspecified atom stereocenters. The number of fused-ring (bicyclic) bond motifs is 2. The Morgan fingerprint density at radius 3 is 2.73 bits per heavy atom. The molecule has 15 heavy (non-hydrogen) atoms. The van der Waals surface area contributed by atoms with E-state index in [1.54, 1.807) is 30.6 Å². The summed E-state index contributed by atoms with van der Waals surface area (Å²) in [5.74, 6) is 0. The van der Waals surface area contributed by atoms with Gasteiger partial charge in [-0.05, 0) is 18.2 Å². The van der Waals surface area contributed by atoms with Gasteiger partial charge in [-0.2, -0.15) is 0 Å². The zero-order valence-corrected chi connectivity index (χ0v) is 7.81. The lowest BCUT2D eigenvalue weighted by Gasteiger charge is -1.99. The van der Waals surface area contributed by atoms with Gasteiger partial charge in [0, 0.05) is 6.20 Å². The Morgan fingerprint density at radius 1 is 1.00 bits per heavy atom. The normalized spacial score (nSPS) is 10.9. The van der Waals surface area contributed by atoms with Crippen molar-refractivity contribution in [2.45, 2.75) is 0 Å². The fourth-order valence-corrected chi connectivity index (χ4v) is 1.66. The molecule has 0 fully saturated rings. The van der Waals surface area contributed by atoms with E-state index in [0.717, 1.165) is 0 Å². The average Bonchev–Trinajstić information content (AvgIpc) is 2.30. The smallest absolute Gasteiger partial charge is 0.200 e. The van der Waals surface area contributed by atoms with Crippen LogP contribution in [0, 0.1) is 0 Å². The van der Waals surface area contributed by atoms with Gasteiger partial charge in [0.2, 0.25) is 5.43 Å². The third-order valence-corrected chi connectivity index (χ3v) is 2.38. The topological polar surface area (TPSA) is 43.1 Å². The molecule has 1 aromatic carbocycles. The summed E-state index contributed by atoms with van der Waals surface area (Å²) in [5, 5.41) is 1.18. The van der Waals surface area contributed by atoms with Gasteiger partial charge in [0.1, 0.15) is 5.58 Å². The molecular formula is C12H7NO2. The molecule has 0 saturated carbocycles. The van der Waals surface area contributed by atoms with Crippen molar-refractivity contribution >= 4 is 21.9 Å². The highest BCUT2D eigenvalue weighted by Crippen LogP contribution is 2.16. The summed E-state index contributed by atoms with van der Waals surface area (Å²) >= 11 is 0. The van der Waals surface area contributed by atoms with E-state index < -0.39 is 0 Å². The lowest BCUT2D eigenvalue weighted by atomic mass is 10.2. The monoisotopic (exact) mass is 197 g/mol. The molecule has 3 aromatic rings.